The molecule has 1 amide bonds. The van der Waals surface area contributed by atoms with Gasteiger partial charge in [-0.2, -0.15) is 0 Å². The maximum absolute atomic E-state index is 13.6. The summed E-state index contributed by atoms with van der Waals surface area (Å²) in [4.78, 5) is 27.4. The van der Waals surface area contributed by atoms with E-state index in [4.69, 9.17) is 16.3 Å². The maximum atomic E-state index is 13.6. The van der Waals surface area contributed by atoms with Gasteiger partial charge in [0, 0.05) is 23.1 Å². The van der Waals surface area contributed by atoms with Crippen molar-refractivity contribution < 1.29 is 18.7 Å². The number of hydrogen-bond acceptors (Lipinski definition) is 3. The lowest BCUT2D eigenvalue weighted by atomic mass is 9.83. The van der Waals surface area contributed by atoms with Crippen LogP contribution >= 0.6 is 11.6 Å². The summed E-state index contributed by atoms with van der Waals surface area (Å²) in [6.45, 7) is 5.45. The highest BCUT2D eigenvalue weighted by molar-refractivity contribution is 6.31. The van der Waals surface area contributed by atoms with Gasteiger partial charge in [0.1, 0.15) is 5.82 Å². The molecule has 152 valence electrons. The van der Waals surface area contributed by atoms with Gasteiger partial charge in [-0.1, -0.05) is 41.9 Å². The minimum absolute atomic E-state index is 0.0823. The number of ether oxygens (including phenoxy) is 1. The molecule has 2 aromatic rings. The Balaban J connectivity index is 2.06. The summed E-state index contributed by atoms with van der Waals surface area (Å²) in [5.41, 5.74) is 2.26. The molecule has 0 saturated heterocycles. The Bertz CT molecular complexity index is 970. The molecule has 0 fully saturated rings. The molecule has 0 bridgehead atoms. The number of benzene rings is 2. The minimum Gasteiger partial charge on any atom is -0.460 e. The molecule has 29 heavy (non-hydrogen) atoms. The minimum atomic E-state index is -0.494. The normalized spacial score (nSPS) is 17.1. The van der Waals surface area contributed by atoms with Crippen molar-refractivity contribution in [3.05, 3.63) is 81.8 Å². The molecule has 1 aliphatic rings. The number of carbonyl (C=O) groups excluding carboxylic acids is 2. The van der Waals surface area contributed by atoms with Gasteiger partial charge in [0.05, 0.1) is 18.2 Å². The molecule has 0 unspecified atom stereocenters. The number of hydrogen-bond donors (Lipinski definition) is 0. The van der Waals surface area contributed by atoms with Crippen molar-refractivity contribution in [2.45, 2.75) is 45.8 Å². The molecule has 0 aromatic heterocycles. The van der Waals surface area contributed by atoms with E-state index in [0.29, 0.717) is 27.4 Å². The van der Waals surface area contributed by atoms with E-state index >= 15 is 0 Å². The Kier molecular flexibility index (Phi) is 6.38. The molecule has 0 saturated carbocycles. The van der Waals surface area contributed by atoms with Gasteiger partial charge in [-0.25, -0.2) is 9.18 Å². The Labute approximate surface area is 174 Å². The van der Waals surface area contributed by atoms with Crippen molar-refractivity contribution in [1.82, 2.24) is 4.90 Å². The van der Waals surface area contributed by atoms with Crippen LogP contribution in [0.3, 0.4) is 0 Å². The quantitative estimate of drug-likeness (QED) is 0.629. The van der Waals surface area contributed by atoms with E-state index in [9.17, 15) is 14.0 Å². The molecule has 1 heterocycles. The molecular weight excluding hydrogens is 393 g/mol. The number of esters is 1. The first-order valence-corrected chi connectivity index (χ1v) is 9.86. The van der Waals surface area contributed by atoms with E-state index in [1.807, 2.05) is 12.1 Å². The van der Waals surface area contributed by atoms with Crippen molar-refractivity contribution in [1.29, 1.82) is 0 Å². The molecule has 1 atom stereocenters. The lowest BCUT2D eigenvalue weighted by molar-refractivity contribution is -0.143. The van der Waals surface area contributed by atoms with Gasteiger partial charge < -0.3 is 9.64 Å². The third kappa shape index (κ3) is 4.67. The number of rotatable bonds is 5. The Morgan fingerprint density at radius 2 is 1.97 bits per heavy atom. The molecule has 0 spiro atoms. The van der Waals surface area contributed by atoms with Crippen LogP contribution in [0.25, 0.3) is 0 Å². The van der Waals surface area contributed by atoms with Crippen LogP contribution < -0.4 is 0 Å². The van der Waals surface area contributed by atoms with Gasteiger partial charge in [0.2, 0.25) is 5.91 Å². The number of carbonyl (C=O) groups is 2. The molecule has 1 aliphatic heterocycles. The van der Waals surface area contributed by atoms with Crippen LogP contribution in [0, 0.1) is 5.82 Å². The third-order valence-electron chi connectivity index (χ3n) is 4.90. The summed E-state index contributed by atoms with van der Waals surface area (Å²) in [6.07, 6.45) is -0.220. The maximum Gasteiger partial charge on any atom is 0.336 e. The molecule has 0 radical (unpaired) electrons. The largest absolute Gasteiger partial charge is 0.460 e. The van der Waals surface area contributed by atoms with Gasteiger partial charge in [0.25, 0.3) is 0 Å². The van der Waals surface area contributed by atoms with Gasteiger partial charge in [-0.05, 0) is 50.1 Å². The highest BCUT2D eigenvalue weighted by Gasteiger charge is 2.38. The van der Waals surface area contributed by atoms with Crippen molar-refractivity contribution in [2.24, 2.45) is 0 Å². The molecule has 2 aromatic carbocycles. The van der Waals surface area contributed by atoms with E-state index in [1.165, 1.54) is 17.0 Å². The SMILES string of the molecule is CC1=C(C(=O)OC(C)C)[C@H](c2ccccc2Cl)CC(=O)N1Cc1cccc(F)c1. The van der Waals surface area contributed by atoms with E-state index in [0.717, 1.165) is 0 Å². The fourth-order valence-corrected chi connectivity index (χ4v) is 3.85. The molecule has 6 heteroatoms. The average Bonchev–Trinajstić information content (AvgIpc) is 2.64. The first kappa shape index (κ1) is 21.1. The smallest absolute Gasteiger partial charge is 0.336 e. The third-order valence-corrected chi connectivity index (χ3v) is 5.24. The first-order chi connectivity index (χ1) is 13.8. The average molecular weight is 416 g/mol. The van der Waals surface area contributed by atoms with Crippen LogP contribution in [-0.4, -0.2) is 22.9 Å². The predicted octanol–water partition coefficient (Wildman–Crippen LogP) is 5.22. The standard InChI is InChI=1S/C23H23ClFNO3/c1-14(2)29-23(28)22-15(3)26(13-16-7-6-8-17(25)11-16)21(27)12-19(22)18-9-4-5-10-20(18)24/h4-11,14,19H,12-13H2,1-3H3/t19-/m0/s1. The van der Waals surface area contributed by atoms with Gasteiger partial charge in [-0.15, -0.1) is 0 Å². The summed E-state index contributed by atoms with van der Waals surface area (Å²) < 4.78 is 19.1. The first-order valence-electron chi connectivity index (χ1n) is 9.49. The van der Waals surface area contributed by atoms with Crippen LogP contribution in [0.4, 0.5) is 4.39 Å². The second kappa shape index (κ2) is 8.78. The monoisotopic (exact) mass is 415 g/mol. The van der Waals surface area contributed by atoms with Crippen LogP contribution in [0.5, 0.6) is 0 Å². The number of allylic oxidation sites excluding steroid dienone is 1. The summed E-state index contributed by atoms with van der Waals surface area (Å²) in [6, 6.07) is 13.3. The number of amides is 1. The summed E-state index contributed by atoms with van der Waals surface area (Å²) >= 11 is 6.37. The number of halogens is 2. The lowest BCUT2D eigenvalue weighted by Crippen LogP contribution is -2.38. The molecule has 4 nitrogen and oxygen atoms in total. The topological polar surface area (TPSA) is 46.6 Å². The van der Waals surface area contributed by atoms with E-state index in [2.05, 4.69) is 0 Å². The fraction of sp³-hybridized carbons (Fsp3) is 0.304. The number of nitrogens with zero attached hydrogens (tertiary/aromatic N) is 1. The zero-order chi connectivity index (χ0) is 21.1. The van der Waals surface area contributed by atoms with E-state index in [-0.39, 0.29) is 30.8 Å². The Morgan fingerprint density at radius 3 is 2.62 bits per heavy atom. The van der Waals surface area contributed by atoms with Crippen molar-refractivity contribution >= 4 is 23.5 Å². The Morgan fingerprint density at radius 1 is 1.24 bits per heavy atom. The van der Waals surface area contributed by atoms with E-state index in [1.54, 1.807) is 45.0 Å². The molecule has 3 rings (SSSR count). The zero-order valence-corrected chi connectivity index (χ0v) is 17.4. The van der Waals surface area contributed by atoms with Crippen molar-refractivity contribution in [2.75, 3.05) is 0 Å². The summed E-state index contributed by atoms with van der Waals surface area (Å²) in [5.74, 6) is -1.50. The van der Waals surface area contributed by atoms with Crippen LogP contribution in [-0.2, 0) is 20.9 Å². The van der Waals surface area contributed by atoms with Gasteiger partial charge >= 0.3 is 5.97 Å². The summed E-state index contributed by atoms with van der Waals surface area (Å²) in [5, 5.41) is 0.492. The lowest BCUT2D eigenvalue weighted by Gasteiger charge is -2.35. The molecule has 0 aliphatic carbocycles. The second-order valence-corrected chi connectivity index (χ2v) is 7.75. The van der Waals surface area contributed by atoms with Crippen LogP contribution in [0.2, 0.25) is 5.02 Å². The second-order valence-electron chi connectivity index (χ2n) is 7.34. The Hall–Kier alpha value is -2.66. The molecular formula is C23H23ClFNO3. The zero-order valence-electron chi connectivity index (χ0n) is 16.6. The van der Waals surface area contributed by atoms with Crippen LogP contribution in [0.1, 0.15) is 44.2 Å². The van der Waals surface area contributed by atoms with Gasteiger partial charge in [-0.3, -0.25) is 4.79 Å². The fourth-order valence-electron chi connectivity index (χ4n) is 3.59. The summed E-state index contributed by atoms with van der Waals surface area (Å²) in [7, 11) is 0. The highest BCUT2D eigenvalue weighted by atomic mass is 35.5. The van der Waals surface area contributed by atoms with Crippen LogP contribution in [0.15, 0.2) is 59.8 Å². The van der Waals surface area contributed by atoms with Gasteiger partial charge in [0.15, 0.2) is 0 Å². The van der Waals surface area contributed by atoms with Crippen molar-refractivity contribution in [3.8, 4) is 0 Å². The molecule has 0 N–H and O–H groups in total. The van der Waals surface area contributed by atoms with Crippen molar-refractivity contribution in [3.63, 3.8) is 0 Å². The van der Waals surface area contributed by atoms with E-state index < -0.39 is 11.9 Å². The predicted molar refractivity (Wildman–Crippen MR) is 110 cm³/mol. The highest BCUT2D eigenvalue weighted by Crippen LogP contribution is 2.40.